The van der Waals surface area contributed by atoms with Crippen molar-refractivity contribution in [3.05, 3.63) is 59.9 Å². The van der Waals surface area contributed by atoms with Crippen LogP contribution in [0.1, 0.15) is 30.6 Å². The van der Waals surface area contributed by atoms with Gasteiger partial charge in [-0.3, -0.25) is 4.98 Å². The largest absolute Gasteiger partial charge is 0.492 e. The molecule has 0 saturated heterocycles. The first-order chi connectivity index (χ1) is 8.81. The number of ether oxygens (including phenoxy) is 1. The van der Waals surface area contributed by atoms with Crippen molar-refractivity contribution < 1.29 is 9.84 Å². The maximum atomic E-state index is 10.2. The number of rotatable bonds is 5. The summed E-state index contributed by atoms with van der Waals surface area (Å²) < 4.78 is 5.51. The van der Waals surface area contributed by atoms with Gasteiger partial charge >= 0.3 is 0 Å². The number of aliphatic hydroxyl groups excluding tert-OH is 1. The molecule has 0 bridgehead atoms. The van der Waals surface area contributed by atoms with Crippen LogP contribution in [0.15, 0.2) is 48.8 Å². The third-order valence-corrected chi connectivity index (χ3v) is 2.64. The zero-order valence-corrected chi connectivity index (χ0v) is 10.4. The SMILES string of the molecule is CCCOc1cncc(C(O)c2ccccc2)c1. The third kappa shape index (κ3) is 3.08. The van der Waals surface area contributed by atoms with Crippen molar-refractivity contribution in [1.82, 2.24) is 4.98 Å². The Balaban J connectivity index is 2.17. The predicted molar refractivity (Wildman–Crippen MR) is 70.5 cm³/mol. The molecule has 0 radical (unpaired) electrons. The van der Waals surface area contributed by atoms with Crippen LogP contribution >= 0.6 is 0 Å². The van der Waals surface area contributed by atoms with Crippen LogP contribution in [-0.2, 0) is 0 Å². The monoisotopic (exact) mass is 243 g/mol. The van der Waals surface area contributed by atoms with Crippen molar-refractivity contribution in [2.75, 3.05) is 6.61 Å². The predicted octanol–water partition coefficient (Wildman–Crippen LogP) is 2.95. The Labute approximate surface area is 107 Å². The number of pyridine rings is 1. The third-order valence-electron chi connectivity index (χ3n) is 2.64. The second kappa shape index (κ2) is 6.17. The maximum Gasteiger partial charge on any atom is 0.137 e. The van der Waals surface area contributed by atoms with E-state index in [1.54, 1.807) is 12.4 Å². The molecule has 0 aliphatic carbocycles. The molecular formula is C15H17NO2. The van der Waals surface area contributed by atoms with Gasteiger partial charge in [0.1, 0.15) is 11.9 Å². The second-order valence-electron chi connectivity index (χ2n) is 4.12. The van der Waals surface area contributed by atoms with Crippen molar-refractivity contribution in [3.8, 4) is 5.75 Å². The van der Waals surface area contributed by atoms with Crippen molar-refractivity contribution in [3.63, 3.8) is 0 Å². The van der Waals surface area contributed by atoms with Crippen LogP contribution in [-0.4, -0.2) is 16.7 Å². The fourth-order valence-electron chi connectivity index (χ4n) is 1.71. The van der Waals surface area contributed by atoms with Gasteiger partial charge in [-0.1, -0.05) is 37.3 Å². The van der Waals surface area contributed by atoms with Gasteiger partial charge in [-0.15, -0.1) is 0 Å². The van der Waals surface area contributed by atoms with E-state index in [1.165, 1.54) is 0 Å². The highest BCUT2D eigenvalue weighted by molar-refractivity contribution is 5.32. The van der Waals surface area contributed by atoms with E-state index in [1.807, 2.05) is 36.4 Å². The topological polar surface area (TPSA) is 42.4 Å². The highest BCUT2D eigenvalue weighted by Gasteiger charge is 2.11. The van der Waals surface area contributed by atoms with Crippen LogP contribution in [0.3, 0.4) is 0 Å². The van der Waals surface area contributed by atoms with Gasteiger partial charge in [0.2, 0.25) is 0 Å². The lowest BCUT2D eigenvalue weighted by Gasteiger charge is -2.12. The molecule has 1 N–H and O–H groups in total. The summed E-state index contributed by atoms with van der Waals surface area (Å²) in [6.07, 6.45) is 3.61. The fourth-order valence-corrected chi connectivity index (χ4v) is 1.71. The van der Waals surface area contributed by atoms with Gasteiger partial charge in [-0.05, 0) is 18.1 Å². The van der Waals surface area contributed by atoms with E-state index < -0.39 is 6.10 Å². The van der Waals surface area contributed by atoms with Crippen LogP contribution < -0.4 is 4.74 Å². The first-order valence-corrected chi connectivity index (χ1v) is 6.12. The lowest BCUT2D eigenvalue weighted by atomic mass is 10.0. The highest BCUT2D eigenvalue weighted by atomic mass is 16.5. The number of aliphatic hydroxyl groups is 1. The minimum Gasteiger partial charge on any atom is -0.492 e. The summed E-state index contributed by atoms with van der Waals surface area (Å²) in [4.78, 5) is 4.10. The average Bonchev–Trinajstić information content (AvgIpc) is 2.45. The molecule has 94 valence electrons. The molecule has 1 unspecified atom stereocenters. The van der Waals surface area contributed by atoms with Gasteiger partial charge in [-0.25, -0.2) is 0 Å². The molecule has 1 heterocycles. The molecule has 1 atom stereocenters. The van der Waals surface area contributed by atoms with Gasteiger partial charge in [0.25, 0.3) is 0 Å². The Bertz CT molecular complexity index is 485. The van der Waals surface area contributed by atoms with Crippen LogP contribution in [0.2, 0.25) is 0 Å². The van der Waals surface area contributed by atoms with Gasteiger partial charge < -0.3 is 9.84 Å². The molecule has 0 aliphatic rings. The molecule has 2 rings (SSSR count). The Kier molecular flexibility index (Phi) is 4.31. The van der Waals surface area contributed by atoms with Crippen LogP contribution in [0.25, 0.3) is 0 Å². The van der Waals surface area contributed by atoms with Crippen molar-refractivity contribution in [2.24, 2.45) is 0 Å². The summed E-state index contributed by atoms with van der Waals surface area (Å²) in [6, 6.07) is 11.4. The molecule has 0 amide bonds. The Hall–Kier alpha value is -1.87. The average molecular weight is 243 g/mol. The lowest BCUT2D eigenvalue weighted by Crippen LogP contribution is -2.02. The standard InChI is InChI=1S/C15H17NO2/c1-2-8-18-14-9-13(10-16-11-14)15(17)12-6-4-3-5-7-12/h3-7,9-11,15,17H,2,8H2,1H3. The minimum absolute atomic E-state index is 0.659. The molecular weight excluding hydrogens is 226 g/mol. The quantitative estimate of drug-likeness (QED) is 0.878. The first kappa shape index (κ1) is 12.6. The van der Waals surface area contributed by atoms with E-state index in [0.717, 1.165) is 17.5 Å². The van der Waals surface area contributed by atoms with Crippen LogP contribution in [0.4, 0.5) is 0 Å². The van der Waals surface area contributed by atoms with Gasteiger partial charge in [0.15, 0.2) is 0 Å². The summed E-state index contributed by atoms with van der Waals surface area (Å²) in [5, 5.41) is 10.2. The second-order valence-corrected chi connectivity index (χ2v) is 4.12. The summed E-state index contributed by atoms with van der Waals surface area (Å²) >= 11 is 0. The summed E-state index contributed by atoms with van der Waals surface area (Å²) in [7, 11) is 0. The number of hydrogen-bond acceptors (Lipinski definition) is 3. The van der Waals surface area contributed by atoms with Gasteiger partial charge in [0.05, 0.1) is 12.8 Å². The zero-order valence-electron chi connectivity index (χ0n) is 10.4. The van der Waals surface area contributed by atoms with E-state index in [2.05, 4.69) is 11.9 Å². The van der Waals surface area contributed by atoms with Crippen molar-refractivity contribution >= 4 is 0 Å². The fraction of sp³-hybridized carbons (Fsp3) is 0.267. The Morgan fingerprint density at radius 2 is 1.94 bits per heavy atom. The number of benzene rings is 1. The summed E-state index contributed by atoms with van der Waals surface area (Å²) in [6.45, 7) is 2.71. The van der Waals surface area contributed by atoms with E-state index in [-0.39, 0.29) is 0 Å². The minimum atomic E-state index is -0.663. The van der Waals surface area contributed by atoms with E-state index in [4.69, 9.17) is 4.74 Å². The van der Waals surface area contributed by atoms with Crippen LogP contribution in [0.5, 0.6) is 5.75 Å². The van der Waals surface area contributed by atoms with Gasteiger partial charge in [0, 0.05) is 11.8 Å². The maximum absolute atomic E-state index is 10.2. The molecule has 0 fully saturated rings. The van der Waals surface area contributed by atoms with Crippen molar-refractivity contribution in [2.45, 2.75) is 19.4 Å². The first-order valence-electron chi connectivity index (χ1n) is 6.12. The van der Waals surface area contributed by atoms with E-state index in [0.29, 0.717) is 12.4 Å². The molecule has 18 heavy (non-hydrogen) atoms. The molecule has 1 aromatic carbocycles. The lowest BCUT2D eigenvalue weighted by molar-refractivity contribution is 0.218. The number of aromatic nitrogens is 1. The van der Waals surface area contributed by atoms with E-state index >= 15 is 0 Å². The van der Waals surface area contributed by atoms with Gasteiger partial charge in [-0.2, -0.15) is 0 Å². The number of nitrogens with zero attached hydrogens (tertiary/aromatic N) is 1. The summed E-state index contributed by atoms with van der Waals surface area (Å²) in [5.41, 5.74) is 1.60. The molecule has 0 spiro atoms. The normalized spacial score (nSPS) is 12.1. The molecule has 1 aromatic heterocycles. The Morgan fingerprint density at radius 1 is 1.17 bits per heavy atom. The molecule has 0 aliphatic heterocycles. The summed E-state index contributed by atoms with van der Waals surface area (Å²) in [5.74, 6) is 0.698. The van der Waals surface area contributed by atoms with Crippen molar-refractivity contribution in [1.29, 1.82) is 0 Å². The smallest absolute Gasteiger partial charge is 0.137 e. The van der Waals surface area contributed by atoms with E-state index in [9.17, 15) is 5.11 Å². The highest BCUT2D eigenvalue weighted by Crippen LogP contribution is 2.23. The molecule has 0 saturated carbocycles. The Morgan fingerprint density at radius 3 is 2.67 bits per heavy atom. The molecule has 3 heteroatoms. The molecule has 3 nitrogen and oxygen atoms in total. The number of hydrogen-bond donors (Lipinski definition) is 1. The zero-order chi connectivity index (χ0) is 12.8. The van der Waals surface area contributed by atoms with Crippen LogP contribution in [0, 0.1) is 0 Å². The molecule has 2 aromatic rings.